The van der Waals surface area contributed by atoms with Crippen molar-refractivity contribution in [2.45, 2.75) is 19.4 Å². The zero-order chi connectivity index (χ0) is 18.7. The van der Waals surface area contributed by atoms with E-state index in [1.165, 1.54) is 12.4 Å². The first-order valence-electron chi connectivity index (χ1n) is 7.86. The molecule has 0 unspecified atom stereocenters. The first kappa shape index (κ1) is 17.6. The summed E-state index contributed by atoms with van der Waals surface area (Å²) in [5.74, 6) is 0.329. The second kappa shape index (κ2) is 6.98. The number of nitrogens with zero attached hydrogens (tertiary/aromatic N) is 4. The highest BCUT2D eigenvalue weighted by Gasteiger charge is 2.27. The predicted molar refractivity (Wildman–Crippen MR) is 91.6 cm³/mol. The van der Waals surface area contributed by atoms with Crippen molar-refractivity contribution in [1.82, 2.24) is 30.2 Å². The summed E-state index contributed by atoms with van der Waals surface area (Å²) >= 11 is 0. The monoisotopic (exact) mass is 361 g/mol. The van der Waals surface area contributed by atoms with Gasteiger partial charge in [0.05, 0.1) is 17.3 Å². The summed E-state index contributed by atoms with van der Waals surface area (Å²) in [4.78, 5) is 30.8. The fourth-order valence-corrected chi connectivity index (χ4v) is 2.38. The Morgan fingerprint density at radius 2 is 2.12 bits per heavy atom. The van der Waals surface area contributed by atoms with E-state index in [-0.39, 0.29) is 12.5 Å². The first-order chi connectivity index (χ1) is 12.4. The van der Waals surface area contributed by atoms with Gasteiger partial charge in [0.15, 0.2) is 5.82 Å². The topological polar surface area (TPSA) is 108 Å². The number of carbonyl (C=O) groups is 1. The lowest BCUT2D eigenvalue weighted by molar-refractivity contribution is -0.124. The fourth-order valence-electron chi connectivity index (χ4n) is 2.38. The molecule has 0 atom stereocenters. The van der Waals surface area contributed by atoms with Gasteiger partial charge in [-0.2, -0.15) is 9.37 Å². The third-order valence-electron chi connectivity index (χ3n) is 3.67. The highest BCUT2D eigenvalue weighted by atomic mass is 19.1. The van der Waals surface area contributed by atoms with Gasteiger partial charge in [0.25, 0.3) is 0 Å². The molecular formula is C16H17F2N7O. The van der Waals surface area contributed by atoms with E-state index in [0.717, 1.165) is 0 Å². The standard InChI is InChI=1S/C16H17F2N7O/c1-16(2,14(26)20-6-4-17)25-11-3-5-19-13(23-11)9-7-21-10-8-22-15(18)24-12(9)10/h3,5,7-8,21H,4,6H2,1-2H3,(H,20,26)(H,19,23,25). The van der Waals surface area contributed by atoms with E-state index in [0.29, 0.717) is 28.2 Å². The van der Waals surface area contributed by atoms with E-state index >= 15 is 0 Å². The molecule has 3 aromatic rings. The number of alkyl halides is 1. The molecular weight excluding hydrogens is 344 g/mol. The summed E-state index contributed by atoms with van der Waals surface area (Å²) in [6.07, 6.45) is 3.60. The molecule has 0 radical (unpaired) electrons. The average molecular weight is 361 g/mol. The van der Waals surface area contributed by atoms with Gasteiger partial charge in [-0.25, -0.2) is 19.3 Å². The zero-order valence-electron chi connectivity index (χ0n) is 14.2. The van der Waals surface area contributed by atoms with Crippen LogP contribution in [0.25, 0.3) is 22.4 Å². The van der Waals surface area contributed by atoms with Gasteiger partial charge >= 0.3 is 6.08 Å². The van der Waals surface area contributed by atoms with Crippen molar-refractivity contribution >= 4 is 22.8 Å². The second-order valence-corrected chi connectivity index (χ2v) is 6.06. The molecule has 3 rings (SSSR count). The normalized spacial score (nSPS) is 11.5. The van der Waals surface area contributed by atoms with Crippen LogP contribution in [0.2, 0.25) is 0 Å². The number of anilines is 1. The van der Waals surface area contributed by atoms with E-state index < -0.39 is 18.3 Å². The van der Waals surface area contributed by atoms with Gasteiger partial charge in [0, 0.05) is 18.9 Å². The Balaban J connectivity index is 1.88. The van der Waals surface area contributed by atoms with Crippen LogP contribution in [0.1, 0.15) is 13.8 Å². The highest BCUT2D eigenvalue weighted by Crippen LogP contribution is 2.25. The minimum atomic E-state index is -1.02. The Kier molecular flexibility index (Phi) is 4.74. The summed E-state index contributed by atoms with van der Waals surface area (Å²) in [5, 5.41) is 5.47. The van der Waals surface area contributed by atoms with Crippen LogP contribution in [0.5, 0.6) is 0 Å². The van der Waals surface area contributed by atoms with E-state index in [9.17, 15) is 13.6 Å². The summed E-state index contributed by atoms with van der Waals surface area (Å²) in [6, 6.07) is 1.60. The number of fused-ring (bicyclic) bond motifs is 1. The molecule has 3 N–H and O–H groups in total. The van der Waals surface area contributed by atoms with Crippen molar-refractivity contribution in [2.24, 2.45) is 0 Å². The van der Waals surface area contributed by atoms with Crippen molar-refractivity contribution in [2.75, 3.05) is 18.5 Å². The molecule has 10 heteroatoms. The van der Waals surface area contributed by atoms with E-state index in [1.807, 2.05) is 0 Å². The largest absolute Gasteiger partial charge is 0.358 e. The van der Waals surface area contributed by atoms with E-state index in [1.54, 1.807) is 26.1 Å². The Hall–Kier alpha value is -3.17. The zero-order valence-corrected chi connectivity index (χ0v) is 14.2. The summed E-state index contributed by atoms with van der Waals surface area (Å²) in [5.41, 5.74) is 0.392. The van der Waals surface area contributed by atoms with Crippen molar-refractivity contribution in [3.8, 4) is 11.4 Å². The quantitative estimate of drug-likeness (QED) is 0.578. The molecule has 0 aliphatic carbocycles. The maximum Gasteiger partial charge on any atom is 0.309 e. The predicted octanol–water partition coefficient (Wildman–Crippen LogP) is 1.83. The number of hydrogen-bond acceptors (Lipinski definition) is 6. The van der Waals surface area contributed by atoms with Crippen molar-refractivity contribution in [3.05, 3.63) is 30.7 Å². The Labute approximate surface area is 147 Å². The second-order valence-electron chi connectivity index (χ2n) is 6.06. The van der Waals surface area contributed by atoms with Gasteiger partial charge in [-0.15, -0.1) is 0 Å². The number of hydrogen-bond donors (Lipinski definition) is 3. The SMILES string of the molecule is CC(C)(Nc1ccnc(-c2c[nH]c3cnc(F)nc23)n1)C(=O)NCCF. The van der Waals surface area contributed by atoms with Gasteiger partial charge in [-0.05, 0) is 19.9 Å². The van der Waals surface area contributed by atoms with Crippen LogP contribution < -0.4 is 10.6 Å². The third kappa shape index (κ3) is 3.58. The van der Waals surface area contributed by atoms with Gasteiger partial charge in [0.2, 0.25) is 5.91 Å². The highest BCUT2D eigenvalue weighted by molar-refractivity contribution is 5.90. The lowest BCUT2D eigenvalue weighted by atomic mass is 10.0. The van der Waals surface area contributed by atoms with Gasteiger partial charge in [0.1, 0.15) is 23.5 Å². The number of aromatic amines is 1. The van der Waals surface area contributed by atoms with Crippen molar-refractivity contribution in [1.29, 1.82) is 0 Å². The van der Waals surface area contributed by atoms with Crippen LogP contribution in [0.4, 0.5) is 14.6 Å². The summed E-state index contributed by atoms with van der Waals surface area (Å²) in [6.45, 7) is 2.60. The Bertz CT molecular complexity index is 941. The molecule has 0 aliphatic heterocycles. The lowest BCUT2D eigenvalue weighted by Crippen LogP contribution is -2.48. The number of amides is 1. The molecule has 3 aromatic heterocycles. The number of halogens is 2. The number of nitrogens with one attached hydrogen (secondary N) is 3. The van der Waals surface area contributed by atoms with E-state index in [4.69, 9.17) is 0 Å². The molecule has 0 spiro atoms. The molecule has 0 saturated heterocycles. The first-order valence-corrected chi connectivity index (χ1v) is 7.86. The van der Waals surface area contributed by atoms with Crippen molar-refractivity contribution in [3.63, 3.8) is 0 Å². The average Bonchev–Trinajstić information content (AvgIpc) is 3.02. The van der Waals surface area contributed by atoms with Crippen LogP contribution in [0.3, 0.4) is 0 Å². The van der Waals surface area contributed by atoms with Gasteiger partial charge < -0.3 is 15.6 Å². The molecule has 3 heterocycles. The molecule has 0 aliphatic rings. The smallest absolute Gasteiger partial charge is 0.309 e. The molecule has 26 heavy (non-hydrogen) atoms. The minimum Gasteiger partial charge on any atom is -0.358 e. The maximum absolute atomic E-state index is 13.3. The number of rotatable bonds is 6. The molecule has 1 amide bonds. The fraction of sp³-hybridized carbons (Fsp3) is 0.312. The molecule has 0 aromatic carbocycles. The number of carbonyl (C=O) groups excluding carboxylic acids is 1. The Morgan fingerprint density at radius 3 is 2.88 bits per heavy atom. The number of aromatic nitrogens is 5. The minimum absolute atomic E-state index is 0.0560. The van der Waals surface area contributed by atoms with E-state index in [2.05, 4.69) is 35.6 Å². The van der Waals surface area contributed by atoms with Crippen LogP contribution in [-0.4, -0.2) is 49.6 Å². The summed E-state index contributed by atoms with van der Waals surface area (Å²) < 4.78 is 25.6. The molecule has 0 bridgehead atoms. The molecule has 0 fully saturated rings. The molecule has 136 valence electrons. The third-order valence-corrected chi connectivity index (χ3v) is 3.67. The molecule has 8 nitrogen and oxygen atoms in total. The Morgan fingerprint density at radius 1 is 1.31 bits per heavy atom. The van der Waals surface area contributed by atoms with Crippen LogP contribution in [0.15, 0.2) is 24.7 Å². The maximum atomic E-state index is 13.3. The van der Waals surface area contributed by atoms with Crippen molar-refractivity contribution < 1.29 is 13.6 Å². The molecule has 0 saturated carbocycles. The van der Waals surface area contributed by atoms with Crippen LogP contribution >= 0.6 is 0 Å². The van der Waals surface area contributed by atoms with Crippen LogP contribution in [0, 0.1) is 6.08 Å². The van der Waals surface area contributed by atoms with Crippen LogP contribution in [-0.2, 0) is 4.79 Å². The van der Waals surface area contributed by atoms with Gasteiger partial charge in [-0.3, -0.25) is 4.79 Å². The number of H-pyrrole nitrogens is 1. The van der Waals surface area contributed by atoms with Gasteiger partial charge in [-0.1, -0.05) is 0 Å². The lowest BCUT2D eigenvalue weighted by Gasteiger charge is -2.25. The summed E-state index contributed by atoms with van der Waals surface area (Å²) in [7, 11) is 0.